The summed E-state index contributed by atoms with van der Waals surface area (Å²) in [7, 11) is 1.73. The average molecular weight is 310 g/mol. The van der Waals surface area contributed by atoms with E-state index in [4.69, 9.17) is 9.15 Å². The second-order valence-corrected chi connectivity index (χ2v) is 5.08. The van der Waals surface area contributed by atoms with E-state index >= 15 is 0 Å². The van der Waals surface area contributed by atoms with Gasteiger partial charge in [0.25, 0.3) is 0 Å². The molecule has 2 aromatic rings. The number of benzene rings is 1. The number of hydrogen-bond acceptors (Lipinski definition) is 5. The van der Waals surface area contributed by atoms with Gasteiger partial charge in [-0.1, -0.05) is 0 Å². The molecule has 1 N–H and O–H groups in total. The van der Waals surface area contributed by atoms with Gasteiger partial charge in [0.2, 0.25) is 5.89 Å². The van der Waals surface area contributed by atoms with Crippen molar-refractivity contribution in [1.29, 1.82) is 0 Å². The molecule has 5 nitrogen and oxygen atoms in total. The van der Waals surface area contributed by atoms with Gasteiger partial charge in [-0.25, -0.2) is 0 Å². The second-order valence-electron chi connectivity index (χ2n) is 5.08. The van der Waals surface area contributed by atoms with Gasteiger partial charge in [-0.15, -0.1) is 0 Å². The first-order valence-electron chi connectivity index (χ1n) is 7.01. The van der Waals surface area contributed by atoms with Crippen molar-refractivity contribution in [3.05, 3.63) is 24.5 Å². The first-order chi connectivity index (χ1) is 10.7. The summed E-state index contributed by atoms with van der Waals surface area (Å²) >= 11 is 0. The van der Waals surface area contributed by atoms with Crippen molar-refractivity contribution >= 4 is 5.82 Å². The van der Waals surface area contributed by atoms with Crippen molar-refractivity contribution < 1.29 is 22.7 Å². The summed E-state index contributed by atoms with van der Waals surface area (Å²) in [6.07, 6.45) is 3.69. The summed E-state index contributed by atoms with van der Waals surface area (Å²) in [5.74, 6) is 1.75. The van der Waals surface area contributed by atoms with E-state index in [9.17, 15) is 8.78 Å². The molecular formula is C15H16F2N2O3. The van der Waals surface area contributed by atoms with Gasteiger partial charge in [0, 0.05) is 12.6 Å². The van der Waals surface area contributed by atoms with Crippen molar-refractivity contribution in [2.45, 2.75) is 19.5 Å². The zero-order valence-corrected chi connectivity index (χ0v) is 12.0. The van der Waals surface area contributed by atoms with E-state index in [1.807, 2.05) is 0 Å². The summed E-state index contributed by atoms with van der Waals surface area (Å²) < 4.78 is 40.4. The SMILES string of the molecule is CNc1coc(-c2ccc(OC(F)F)c(OCC3CC3)c2)n1. The Kier molecular flexibility index (Phi) is 4.13. The largest absolute Gasteiger partial charge is 0.489 e. The molecule has 0 aliphatic heterocycles. The van der Waals surface area contributed by atoms with Gasteiger partial charge in [0.05, 0.1) is 6.61 Å². The Bertz CT molecular complexity index is 641. The van der Waals surface area contributed by atoms with Crippen LogP contribution in [0.4, 0.5) is 14.6 Å². The minimum absolute atomic E-state index is 0.0137. The molecule has 7 heteroatoms. The predicted octanol–water partition coefficient (Wildman–Crippen LogP) is 3.77. The topological polar surface area (TPSA) is 56.5 Å². The molecule has 0 atom stereocenters. The van der Waals surface area contributed by atoms with Gasteiger partial charge in [-0.05, 0) is 37.0 Å². The molecule has 118 valence electrons. The van der Waals surface area contributed by atoms with E-state index in [0.717, 1.165) is 12.8 Å². The highest BCUT2D eigenvalue weighted by molar-refractivity contribution is 5.61. The van der Waals surface area contributed by atoms with E-state index in [1.54, 1.807) is 19.2 Å². The average Bonchev–Trinajstić information content (AvgIpc) is 3.20. The van der Waals surface area contributed by atoms with Gasteiger partial charge in [-0.3, -0.25) is 0 Å². The van der Waals surface area contributed by atoms with Crippen LogP contribution in [0, 0.1) is 5.92 Å². The molecule has 0 unspecified atom stereocenters. The molecule has 0 radical (unpaired) electrons. The van der Waals surface area contributed by atoms with E-state index in [2.05, 4.69) is 15.0 Å². The molecule has 1 aromatic carbocycles. The lowest BCUT2D eigenvalue weighted by Crippen LogP contribution is -2.06. The number of nitrogens with one attached hydrogen (secondary N) is 1. The molecule has 1 heterocycles. The fourth-order valence-electron chi connectivity index (χ4n) is 1.96. The molecule has 22 heavy (non-hydrogen) atoms. The lowest BCUT2D eigenvalue weighted by Gasteiger charge is -2.12. The van der Waals surface area contributed by atoms with E-state index < -0.39 is 6.61 Å². The Morgan fingerprint density at radius 2 is 2.18 bits per heavy atom. The summed E-state index contributed by atoms with van der Waals surface area (Å²) in [6, 6.07) is 4.64. The van der Waals surface area contributed by atoms with Gasteiger partial charge in [-0.2, -0.15) is 13.8 Å². The molecule has 0 spiro atoms. The third kappa shape index (κ3) is 3.47. The normalized spacial score (nSPS) is 14.2. The fourth-order valence-corrected chi connectivity index (χ4v) is 1.96. The summed E-state index contributed by atoms with van der Waals surface area (Å²) in [5, 5.41) is 2.86. The van der Waals surface area contributed by atoms with Crippen molar-refractivity contribution in [3.8, 4) is 23.0 Å². The molecule has 1 aromatic heterocycles. The Balaban J connectivity index is 1.85. The van der Waals surface area contributed by atoms with Gasteiger partial charge >= 0.3 is 6.61 Å². The minimum Gasteiger partial charge on any atom is -0.489 e. The van der Waals surface area contributed by atoms with Crippen molar-refractivity contribution in [3.63, 3.8) is 0 Å². The monoisotopic (exact) mass is 310 g/mol. The highest BCUT2D eigenvalue weighted by Crippen LogP contribution is 2.36. The Morgan fingerprint density at radius 1 is 1.36 bits per heavy atom. The summed E-state index contributed by atoms with van der Waals surface area (Å²) in [4.78, 5) is 4.22. The van der Waals surface area contributed by atoms with Crippen molar-refractivity contribution in [1.82, 2.24) is 4.98 Å². The molecule has 0 saturated heterocycles. The highest BCUT2D eigenvalue weighted by Gasteiger charge is 2.23. The Hall–Kier alpha value is -2.31. The first-order valence-corrected chi connectivity index (χ1v) is 7.01. The Labute approximate surface area is 126 Å². The third-order valence-corrected chi connectivity index (χ3v) is 3.34. The van der Waals surface area contributed by atoms with Crippen LogP contribution in [0.25, 0.3) is 11.5 Å². The zero-order valence-electron chi connectivity index (χ0n) is 12.0. The highest BCUT2D eigenvalue weighted by atomic mass is 19.3. The van der Waals surface area contributed by atoms with Crippen LogP contribution in [0.2, 0.25) is 0 Å². The Morgan fingerprint density at radius 3 is 2.82 bits per heavy atom. The quantitative estimate of drug-likeness (QED) is 0.843. The number of anilines is 1. The van der Waals surface area contributed by atoms with Crippen LogP contribution in [0.3, 0.4) is 0 Å². The predicted molar refractivity (Wildman–Crippen MR) is 76.3 cm³/mol. The van der Waals surface area contributed by atoms with Gasteiger partial charge < -0.3 is 19.2 Å². The maximum absolute atomic E-state index is 12.5. The van der Waals surface area contributed by atoms with Gasteiger partial charge in [0.15, 0.2) is 17.3 Å². The van der Waals surface area contributed by atoms with Crippen LogP contribution in [0.15, 0.2) is 28.9 Å². The maximum atomic E-state index is 12.5. The van der Waals surface area contributed by atoms with E-state index in [1.165, 1.54) is 12.3 Å². The van der Waals surface area contributed by atoms with Crippen LogP contribution >= 0.6 is 0 Å². The zero-order chi connectivity index (χ0) is 15.5. The van der Waals surface area contributed by atoms with Crippen LogP contribution in [0.5, 0.6) is 11.5 Å². The molecule has 0 bridgehead atoms. The van der Waals surface area contributed by atoms with Crippen LogP contribution in [-0.4, -0.2) is 25.3 Å². The number of ether oxygens (including phenoxy) is 2. The lowest BCUT2D eigenvalue weighted by atomic mass is 10.2. The summed E-state index contributed by atoms with van der Waals surface area (Å²) in [5.41, 5.74) is 0.633. The number of hydrogen-bond donors (Lipinski definition) is 1. The first kappa shape index (κ1) is 14.6. The number of oxazole rings is 1. The van der Waals surface area contributed by atoms with E-state index in [0.29, 0.717) is 29.8 Å². The summed E-state index contributed by atoms with van der Waals surface area (Å²) in [6.45, 7) is -2.40. The molecule has 1 aliphatic rings. The van der Waals surface area contributed by atoms with Crippen molar-refractivity contribution in [2.24, 2.45) is 5.92 Å². The fraction of sp³-hybridized carbons (Fsp3) is 0.400. The minimum atomic E-state index is -2.90. The molecule has 1 fully saturated rings. The molecule has 0 amide bonds. The molecular weight excluding hydrogens is 294 g/mol. The standard InChI is InChI=1S/C15H16F2N2O3/c1-18-13-8-21-14(19-13)10-4-5-11(22-15(16)17)12(6-10)20-7-9-2-3-9/h4-6,8-9,15,18H,2-3,7H2,1H3. The molecule has 1 aliphatic carbocycles. The molecule has 1 saturated carbocycles. The lowest BCUT2D eigenvalue weighted by molar-refractivity contribution is -0.0515. The van der Waals surface area contributed by atoms with Crippen LogP contribution in [-0.2, 0) is 0 Å². The number of aromatic nitrogens is 1. The number of alkyl halides is 2. The number of rotatable bonds is 7. The number of nitrogens with zero attached hydrogens (tertiary/aromatic N) is 1. The third-order valence-electron chi connectivity index (χ3n) is 3.34. The van der Waals surface area contributed by atoms with Crippen molar-refractivity contribution in [2.75, 3.05) is 19.0 Å². The smallest absolute Gasteiger partial charge is 0.387 e. The van der Waals surface area contributed by atoms with E-state index in [-0.39, 0.29) is 11.5 Å². The van der Waals surface area contributed by atoms with Gasteiger partial charge in [0.1, 0.15) is 6.26 Å². The number of halogens is 2. The second kappa shape index (κ2) is 6.21. The molecule has 3 rings (SSSR count). The van der Waals surface area contributed by atoms with Crippen LogP contribution < -0.4 is 14.8 Å². The van der Waals surface area contributed by atoms with Crippen LogP contribution in [0.1, 0.15) is 12.8 Å². The maximum Gasteiger partial charge on any atom is 0.387 e.